The average Bonchev–Trinajstić information content (AvgIpc) is 3.14. The monoisotopic (exact) mass is 520 g/mol. The van der Waals surface area contributed by atoms with Crippen LogP contribution in [0, 0.1) is 6.92 Å². The van der Waals surface area contributed by atoms with Gasteiger partial charge in [-0.1, -0.05) is 23.7 Å². The zero-order chi connectivity index (χ0) is 26.9. The summed E-state index contributed by atoms with van der Waals surface area (Å²) in [5.74, 6) is -1.03. The lowest BCUT2D eigenvalue weighted by Crippen LogP contribution is -2.29. The number of aliphatic hydroxyl groups is 1. The molecule has 1 atom stereocenters. The zero-order valence-electron chi connectivity index (χ0n) is 21.4. The Morgan fingerprint density at radius 2 is 1.70 bits per heavy atom. The molecule has 37 heavy (non-hydrogen) atoms. The van der Waals surface area contributed by atoms with Crippen LogP contribution in [-0.4, -0.2) is 44.6 Å². The number of benzene rings is 3. The Hall–Kier alpha value is -3.97. The van der Waals surface area contributed by atoms with Gasteiger partial charge >= 0.3 is 0 Å². The van der Waals surface area contributed by atoms with Gasteiger partial charge in [0.1, 0.15) is 17.3 Å². The molecule has 0 bridgehead atoms. The third kappa shape index (κ3) is 4.87. The SMILES string of the molecule is CCOc1ccc(N2C(=O)C(=O)/C(=C(/O)c3cc(C)cc(Cl)c3OC)C2c2ccc(N(C)C)cc2)cc1. The van der Waals surface area contributed by atoms with Gasteiger partial charge in [0.25, 0.3) is 11.7 Å². The molecule has 192 valence electrons. The van der Waals surface area contributed by atoms with Crippen LogP contribution in [0.15, 0.2) is 66.2 Å². The molecule has 0 aliphatic carbocycles. The minimum atomic E-state index is -0.877. The number of carbonyl (C=O) groups is 2. The van der Waals surface area contributed by atoms with Gasteiger partial charge in [-0.15, -0.1) is 0 Å². The van der Waals surface area contributed by atoms with Crippen LogP contribution < -0.4 is 19.3 Å². The highest BCUT2D eigenvalue weighted by molar-refractivity contribution is 6.51. The van der Waals surface area contributed by atoms with Crippen LogP contribution in [0.5, 0.6) is 11.5 Å². The summed E-state index contributed by atoms with van der Waals surface area (Å²) in [6.07, 6.45) is 0. The molecule has 1 aliphatic heterocycles. The molecule has 0 spiro atoms. The van der Waals surface area contributed by atoms with E-state index in [1.54, 1.807) is 36.4 Å². The van der Waals surface area contributed by atoms with E-state index >= 15 is 0 Å². The minimum Gasteiger partial charge on any atom is -0.507 e. The third-order valence-electron chi connectivity index (χ3n) is 6.24. The normalized spacial score (nSPS) is 16.7. The lowest BCUT2D eigenvalue weighted by atomic mass is 9.94. The van der Waals surface area contributed by atoms with E-state index in [-0.39, 0.29) is 27.7 Å². The maximum atomic E-state index is 13.5. The summed E-state index contributed by atoms with van der Waals surface area (Å²) in [6.45, 7) is 4.21. The highest BCUT2D eigenvalue weighted by atomic mass is 35.5. The van der Waals surface area contributed by atoms with Crippen molar-refractivity contribution in [1.29, 1.82) is 0 Å². The molecule has 1 fully saturated rings. The number of halogens is 1. The molecular formula is C29H29ClN2O5. The fourth-order valence-corrected chi connectivity index (χ4v) is 4.85. The molecule has 0 aromatic heterocycles. The Balaban J connectivity index is 1.95. The van der Waals surface area contributed by atoms with E-state index in [9.17, 15) is 14.7 Å². The first kappa shape index (κ1) is 26.1. The molecule has 1 N–H and O–H groups in total. The maximum absolute atomic E-state index is 13.5. The molecule has 1 heterocycles. The first-order valence-electron chi connectivity index (χ1n) is 11.8. The quantitative estimate of drug-likeness (QED) is 0.243. The maximum Gasteiger partial charge on any atom is 0.300 e. The number of hydrogen-bond donors (Lipinski definition) is 1. The van der Waals surface area contributed by atoms with Crippen molar-refractivity contribution in [2.45, 2.75) is 19.9 Å². The molecule has 1 amide bonds. The summed E-state index contributed by atoms with van der Waals surface area (Å²) >= 11 is 6.38. The van der Waals surface area contributed by atoms with Gasteiger partial charge in [0.15, 0.2) is 0 Å². The van der Waals surface area contributed by atoms with Crippen LogP contribution in [0.2, 0.25) is 5.02 Å². The van der Waals surface area contributed by atoms with E-state index in [0.717, 1.165) is 11.3 Å². The minimum absolute atomic E-state index is 0.0449. The van der Waals surface area contributed by atoms with Crippen LogP contribution in [0.3, 0.4) is 0 Å². The van der Waals surface area contributed by atoms with Crippen molar-refractivity contribution < 1.29 is 24.2 Å². The first-order valence-corrected chi connectivity index (χ1v) is 12.2. The highest BCUT2D eigenvalue weighted by Gasteiger charge is 2.47. The average molecular weight is 521 g/mol. The summed E-state index contributed by atoms with van der Waals surface area (Å²) < 4.78 is 11.0. The second-order valence-electron chi connectivity index (χ2n) is 8.91. The van der Waals surface area contributed by atoms with Crippen molar-refractivity contribution in [2.75, 3.05) is 37.6 Å². The second-order valence-corrected chi connectivity index (χ2v) is 9.32. The summed E-state index contributed by atoms with van der Waals surface area (Å²) in [6, 6.07) is 16.9. The number of Topliss-reactive ketones (excluding diaryl/α,β-unsaturated/α-hetero) is 1. The van der Waals surface area contributed by atoms with E-state index in [1.165, 1.54) is 12.0 Å². The molecule has 1 unspecified atom stereocenters. The highest BCUT2D eigenvalue weighted by Crippen LogP contribution is 2.45. The van der Waals surface area contributed by atoms with Gasteiger partial charge in [-0.05, 0) is 73.5 Å². The predicted octanol–water partition coefficient (Wildman–Crippen LogP) is 5.75. The number of amides is 1. The molecule has 3 aromatic rings. The van der Waals surface area contributed by atoms with Gasteiger partial charge in [0.05, 0.1) is 35.9 Å². The Morgan fingerprint density at radius 3 is 2.27 bits per heavy atom. The molecule has 0 radical (unpaired) electrons. The number of aryl methyl sites for hydroxylation is 1. The Labute approximate surface area is 221 Å². The van der Waals surface area contributed by atoms with Crippen molar-refractivity contribution in [3.05, 3.63) is 87.9 Å². The second kappa shape index (κ2) is 10.6. The standard InChI is InChI=1S/C29H29ClN2O5/c1-6-37-21-13-11-20(12-14-21)32-25(18-7-9-19(10-8-18)31(3)4)24(27(34)29(32)35)26(33)22-15-17(2)16-23(30)28(22)36-5/h7-16,25,33H,6H2,1-5H3/b26-24+. The molecule has 4 rings (SSSR count). The van der Waals surface area contributed by atoms with Crippen LogP contribution >= 0.6 is 11.6 Å². The van der Waals surface area contributed by atoms with Crippen molar-refractivity contribution in [3.63, 3.8) is 0 Å². The van der Waals surface area contributed by atoms with Gasteiger partial charge < -0.3 is 19.5 Å². The number of anilines is 2. The third-order valence-corrected chi connectivity index (χ3v) is 6.52. The van der Waals surface area contributed by atoms with E-state index < -0.39 is 17.7 Å². The fourth-order valence-electron chi connectivity index (χ4n) is 4.50. The summed E-state index contributed by atoms with van der Waals surface area (Å²) in [4.78, 5) is 30.3. The van der Waals surface area contributed by atoms with Gasteiger partial charge in [-0.2, -0.15) is 0 Å². The summed E-state index contributed by atoms with van der Waals surface area (Å²) in [7, 11) is 5.28. The van der Waals surface area contributed by atoms with Crippen molar-refractivity contribution >= 4 is 40.4 Å². The van der Waals surface area contributed by atoms with E-state index in [4.69, 9.17) is 21.1 Å². The number of hydrogen-bond acceptors (Lipinski definition) is 6. The molecule has 0 saturated carbocycles. The number of rotatable bonds is 7. The van der Waals surface area contributed by atoms with Gasteiger partial charge in [0, 0.05) is 25.5 Å². The molecule has 8 heteroatoms. The van der Waals surface area contributed by atoms with Crippen molar-refractivity contribution in [1.82, 2.24) is 0 Å². The lowest BCUT2D eigenvalue weighted by Gasteiger charge is -2.26. The molecule has 3 aromatic carbocycles. The zero-order valence-corrected chi connectivity index (χ0v) is 22.2. The lowest BCUT2D eigenvalue weighted by molar-refractivity contribution is -0.132. The van der Waals surface area contributed by atoms with E-state index in [1.807, 2.05) is 57.1 Å². The molecular weight excluding hydrogens is 492 g/mol. The van der Waals surface area contributed by atoms with Crippen LogP contribution in [0.4, 0.5) is 11.4 Å². The number of methoxy groups -OCH3 is 1. The predicted molar refractivity (Wildman–Crippen MR) is 146 cm³/mol. The Morgan fingerprint density at radius 1 is 1.05 bits per heavy atom. The largest absolute Gasteiger partial charge is 0.507 e. The molecule has 1 saturated heterocycles. The number of ketones is 1. The number of aliphatic hydroxyl groups excluding tert-OH is 1. The van der Waals surface area contributed by atoms with E-state index in [0.29, 0.717) is 23.6 Å². The first-order chi connectivity index (χ1) is 17.7. The van der Waals surface area contributed by atoms with Gasteiger partial charge in [0.2, 0.25) is 0 Å². The smallest absolute Gasteiger partial charge is 0.300 e. The molecule has 7 nitrogen and oxygen atoms in total. The van der Waals surface area contributed by atoms with Gasteiger partial charge in [-0.3, -0.25) is 14.5 Å². The van der Waals surface area contributed by atoms with Crippen molar-refractivity contribution in [2.24, 2.45) is 0 Å². The van der Waals surface area contributed by atoms with Gasteiger partial charge in [-0.25, -0.2) is 0 Å². The Kier molecular flexibility index (Phi) is 7.45. The van der Waals surface area contributed by atoms with Crippen molar-refractivity contribution in [3.8, 4) is 11.5 Å². The summed E-state index contributed by atoms with van der Waals surface area (Å²) in [5, 5.41) is 11.8. The van der Waals surface area contributed by atoms with Crippen LogP contribution in [0.1, 0.15) is 29.7 Å². The topological polar surface area (TPSA) is 79.3 Å². The van der Waals surface area contributed by atoms with Crippen LogP contribution in [0.25, 0.3) is 5.76 Å². The van der Waals surface area contributed by atoms with E-state index in [2.05, 4.69) is 0 Å². The fraction of sp³-hybridized carbons (Fsp3) is 0.241. The van der Waals surface area contributed by atoms with Crippen LogP contribution in [-0.2, 0) is 9.59 Å². The number of carbonyl (C=O) groups excluding carboxylic acids is 2. The number of nitrogens with zero attached hydrogens (tertiary/aromatic N) is 2. The molecule has 1 aliphatic rings. The summed E-state index contributed by atoms with van der Waals surface area (Å²) in [5.41, 5.74) is 3.08. The Bertz CT molecular complexity index is 1360. The number of ether oxygens (including phenoxy) is 2.